The van der Waals surface area contributed by atoms with Gasteiger partial charge in [0.2, 0.25) is 15.8 Å². The zero-order valence-corrected chi connectivity index (χ0v) is 14.1. The summed E-state index contributed by atoms with van der Waals surface area (Å²) in [6.45, 7) is 1.44. The molecule has 8 nitrogen and oxygen atoms in total. The fraction of sp³-hybridized carbons (Fsp3) is 0.357. The monoisotopic (exact) mass is 360 g/mol. The first-order valence-corrected chi connectivity index (χ1v) is 8.57. The number of sulfonamides is 1. The smallest absolute Gasteiger partial charge is 0.288 e. The summed E-state index contributed by atoms with van der Waals surface area (Å²) in [5.41, 5.74) is 0.850. The quantitative estimate of drug-likeness (QED) is 0.418. The van der Waals surface area contributed by atoms with Crippen molar-refractivity contribution in [2.45, 2.75) is 19.9 Å². The lowest BCUT2D eigenvalue weighted by Gasteiger charge is -2.19. The van der Waals surface area contributed by atoms with Gasteiger partial charge in [0.15, 0.2) is 0 Å². The third-order valence-electron chi connectivity index (χ3n) is 2.90. The first kappa shape index (κ1) is 19.7. The van der Waals surface area contributed by atoms with E-state index < -0.39 is 39.9 Å². The van der Waals surface area contributed by atoms with Crippen molar-refractivity contribution in [3.8, 4) is 0 Å². The number of benzene rings is 1. The molecule has 2 amide bonds. The molecule has 0 unspecified atom stereocenters. The topological polar surface area (TPSA) is 110 Å². The van der Waals surface area contributed by atoms with Gasteiger partial charge in [0.1, 0.15) is 5.82 Å². The first-order chi connectivity index (χ1) is 11.0. The maximum Gasteiger partial charge on any atom is 0.301 e. The molecule has 1 N–H and O–H groups in total. The Morgan fingerprint density at radius 3 is 2.42 bits per heavy atom. The van der Waals surface area contributed by atoms with Gasteiger partial charge in [-0.3, -0.25) is 19.2 Å². The van der Waals surface area contributed by atoms with E-state index in [4.69, 9.17) is 4.84 Å². The van der Waals surface area contributed by atoms with E-state index in [1.54, 1.807) is 13.0 Å². The number of ketones is 1. The van der Waals surface area contributed by atoms with E-state index in [2.05, 4.69) is 0 Å². The largest absolute Gasteiger partial charge is 0.301 e. The number of hydrogen-bond acceptors (Lipinski definition) is 6. The number of Topliss-reactive ketones (excluding diaryl/α,β-unsaturated/α-hetero) is 1. The summed E-state index contributed by atoms with van der Waals surface area (Å²) in [7, 11) is -2.74. The lowest BCUT2D eigenvalue weighted by Crippen LogP contribution is -2.39. The van der Waals surface area contributed by atoms with Crippen LogP contribution in [-0.4, -0.2) is 44.4 Å². The maximum atomic E-state index is 13.5. The number of nitrogens with zero attached hydrogens (tertiary/aromatic N) is 1. The SMILES string of the molecule is CON(Cc1ccc(C)c(F)c1)C(=O)CC(=O)C(=O)NS(C)(=O)=O. The van der Waals surface area contributed by atoms with E-state index >= 15 is 0 Å². The predicted molar refractivity (Wildman–Crippen MR) is 81.3 cm³/mol. The van der Waals surface area contributed by atoms with Crippen molar-refractivity contribution in [3.05, 3.63) is 35.1 Å². The van der Waals surface area contributed by atoms with Gasteiger partial charge in [0.05, 0.1) is 26.3 Å². The predicted octanol–water partition coefficient (Wildman–Crippen LogP) is 0.0591. The molecule has 10 heteroatoms. The minimum absolute atomic E-state index is 0.145. The highest BCUT2D eigenvalue weighted by molar-refractivity contribution is 7.89. The number of carbonyl (C=O) groups is 3. The van der Waals surface area contributed by atoms with Crippen LogP contribution < -0.4 is 4.72 Å². The fourth-order valence-corrected chi connectivity index (χ4v) is 2.14. The second-order valence-corrected chi connectivity index (χ2v) is 6.75. The van der Waals surface area contributed by atoms with Crippen molar-refractivity contribution in [2.24, 2.45) is 0 Å². The summed E-state index contributed by atoms with van der Waals surface area (Å²) in [6, 6.07) is 4.32. The Bertz CT molecular complexity index is 763. The third-order valence-corrected chi connectivity index (χ3v) is 3.46. The van der Waals surface area contributed by atoms with Gasteiger partial charge in [0, 0.05) is 0 Å². The fourth-order valence-electron chi connectivity index (χ4n) is 1.69. The molecule has 1 aromatic carbocycles. The highest BCUT2D eigenvalue weighted by atomic mass is 32.2. The van der Waals surface area contributed by atoms with Crippen molar-refractivity contribution in [2.75, 3.05) is 13.4 Å². The lowest BCUT2D eigenvalue weighted by molar-refractivity contribution is -0.180. The van der Waals surface area contributed by atoms with E-state index in [9.17, 15) is 27.2 Å². The first-order valence-electron chi connectivity index (χ1n) is 6.68. The molecule has 0 aliphatic rings. The Morgan fingerprint density at radius 1 is 1.29 bits per heavy atom. The van der Waals surface area contributed by atoms with Gasteiger partial charge in [-0.15, -0.1) is 0 Å². The van der Waals surface area contributed by atoms with Crippen molar-refractivity contribution in [1.29, 1.82) is 0 Å². The molecule has 132 valence electrons. The molecule has 0 radical (unpaired) electrons. The average molecular weight is 360 g/mol. The molecule has 0 fully saturated rings. The second-order valence-electron chi connectivity index (χ2n) is 5.00. The zero-order valence-electron chi connectivity index (χ0n) is 13.3. The van der Waals surface area contributed by atoms with Crippen molar-refractivity contribution in [3.63, 3.8) is 0 Å². The van der Waals surface area contributed by atoms with Gasteiger partial charge < -0.3 is 0 Å². The number of hydroxylamine groups is 2. The molecule has 0 aromatic heterocycles. The molecule has 0 saturated carbocycles. The summed E-state index contributed by atoms with van der Waals surface area (Å²) >= 11 is 0. The molecule has 0 aliphatic heterocycles. The normalized spacial score (nSPS) is 11.0. The van der Waals surface area contributed by atoms with E-state index in [1.807, 2.05) is 0 Å². The highest BCUT2D eigenvalue weighted by Gasteiger charge is 2.24. The van der Waals surface area contributed by atoms with Crippen LogP contribution in [0.25, 0.3) is 0 Å². The van der Waals surface area contributed by atoms with Crippen LogP contribution >= 0.6 is 0 Å². The average Bonchev–Trinajstić information content (AvgIpc) is 2.46. The van der Waals surface area contributed by atoms with E-state index in [0.29, 0.717) is 17.4 Å². The molecule has 0 saturated heterocycles. The standard InChI is InChI=1S/C14H17FN2O6S/c1-9-4-5-10(6-11(9)15)8-17(23-2)13(19)7-12(18)14(20)16-24(3,21)22/h4-6H,7-8H2,1-3H3,(H,16,20). The third kappa shape index (κ3) is 6.05. The van der Waals surface area contributed by atoms with E-state index in [0.717, 1.165) is 5.06 Å². The number of rotatable bonds is 7. The molecule has 0 aliphatic carbocycles. The number of amides is 2. The summed E-state index contributed by atoms with van der Waals surface area (Å²) in [5, 5.41) is 0.774. The molecule has 1 aromatic rings. The van der Waals surface area contributed by atoms with Crippen LogP contribution in [0.1, 0.15) is 17.5 Å². The minimum Gasteiger partial charge on any atom is -0.288 e. The Labute approximate surface area is 138 Å². The second kappa shape index (κ2) is 7.97. The molecule has 24 heavy (non-hydrogen) atoms. The Hall–Kier alpha value is -2.33. The number of halogens is 1. The maximum absolute atomic E-state index is 13.5. The zero-order chi connectivity index (χ0) is 18.5. The Kier molecular flexibility index (Phi) is 6.55. The minimum atomic E-state index is -3.91. The van der Waals surface area contributed by atoms with E-state index in [1.165, 1.54) is 24.0 Å². The highest BCUT2D eigenvalue weighted by Crippen LogP contribution is 2.12. The van der Waals surface area contributed by atoms with Crippen LogP contribution in [0.15, 0.2) is 18.2 Å². The van der Waals surface area contributed by atoms with Crippen LogP contribution in [0.3, 0.4) is 0 Å². The van der Waals surface area contributed by atoms with Crippen LogP contribution in [0.4, 0.5) is 4.39 Å². The van der Waals surface area contributed by atoms with Crippen molar-refractivity contribution < 1.29 is 32.0 Å². The Morgan fingerprint density at radius 2 is 1.92 bits per heavy atom. The van der Waals surface area contributed by atoms with Gasteiger partial charge in [-0.25, -0.2) is 22.6 Å². The number of aryl methyl sites for hydroxylation is 1. The molecule has 0 heterocycles. The summed E-state index contributed by atoms with van der Waals surface area (Å²) in [5.74, 6) is -3.97. The van der Waals surface area contributed by atoms with Crippen LogP contribution in [0.5, 0.6) is 0 Å². The molecule has 0 atom stereocenters. The van der Waals surface area contributed by atoms with Crippen molar-refractivity contribution >= 4 is 27.6 Å². The van der Waals surface area contributed by atoms with Gasteiger partial charge in [-0.05, 0) is 24.1 Å². The molecule has 1 rings (SSSR count). The van der Waals surface area contributed by atoms with Crippen molar-refractivity contribution in [1.82, 2.24) is 9.79 Å². The summed E-state index contributed by atoms with van der Waals surface area (Å²) < 4.78 is 36.7. The lowest BCUT2D eigenvalue weighted by atomic mass is 10.1. The van der Waals surface area contributed by atoms with Crippen LogP contribution in [0.2, 0.25) is 0 Å². The van der Waals surface area contributed by atoms with Gasteiger partial charge in [-0.2, -0.15) is 0 Å². The summed E-state index contributed by atoms with van der Waals surface area (Å²) in [4.78, 5) is 39.7. The summed E-state index contributed by atoms with van der Waals surface area (Å²) in [6.07, 6.45) is -0.184. The Balaban J connectivity index is 2.74. The molecular formula is C14H17FN2O6S. The van der Waals surface area contributed by atoms with E-state index in [-0.39, 0.29) is 6.54 Å². The molecule has 0 bridgehead atoms. The molecular weight excluding hydrogens is 343 g/mol. The van der Waals surface area contributed by atoms with Gasteiger partial charge in [-0.1, -0.05) is 12.1 Å². The number of nitrogens with one attached hydrogen (secondary N) is 1. The van der Waals surface area contributed by atoms with Crippen LogP contribution in [-0.2, 0) is 35.8 Å². The molecule has 0 spiro atoms. The number of hydrogen-bond donors (Lipinski definition) is 1. The van der Waals surface area contributed by atoms with Gasteiger partial charge >= 0.3 is 5.91 Å². The van der Waals surface area contributed by atoms with Gasteiger partial charge in [0.25, 0.3) is 5.91 Å². The van der Waals surface area contributed by atoms with Crippen LogP contribution in [0, 0.1) is 12.7 Å². The number of carbonyl (C=O) groups excluding carboxylic acids is 3.